The van der Waals surface area contributed by atoms with Gasteiger partial charge in [-0.15, -0.1) is 0 Å². The zero-order valence-corrected chi connectivity index (χ0v) is 15.7. The molecule has 0 unspecified atom stereocenters. The molecule has 3 N–H and O–H groups in total. The van der Waals surface area contributed by atoms with Gasteiger partial charge < -0.3 is 20.5 Å². The first-order valence-corrected chi connectivity index (χ1v) is 9.52. The summed E-state index contributed by atoms with van der Waals surface area (Å²) in [4.78, 5) is 16.4. The maximum atomic E-state index is 12.1. The van der Waals surface area contributed by atoms with E-state index < -0.39 is 0 Å². The van der Waals surface area contributed by atoms with Crippen LogP contribution in [-0.2, 0) is 11.3 Å². The number of nitrogens with two attached hydrogens (primary N) is 1. The van der Waals surface area contributed by atoms with E-state index in [0.29, 0.717) is 42.9 Å². The van der Waals surface area contributed by atoms with Crippen LogP contribution in [0.5, 0.6) is 17.4 Å². The summed E-state index contributed by atoms with van der Waals surface area (Å²) >= 11 is 0. The summed E-state index contributed by atoms with van der Waals surface area (Å²) in [7, 11) is 0. The Morgan fingerprint density at radius 2 is 2.04 bits per heavy atom. The number of para-hydroxylation sites is 2. The number of hydrogen-bond donors (Lipinski definition) is 2. The number of rotatable bonds is 8. The van der Waals surface area contributed by atoms with Crippen molar-refractivity contribution in [1.29, 1.82) is 0 Å². The highest BCUT2D eigenvalue weighted by atomic mass is 16.5. The minimum atomic E-state index is 0.0447. The quantitative estimate of drug-likeness (QED) is 0.745. The predicted octanol–water partition coefficient (Wildman–Crippen LogP) is 3.41. The molecule has 1 aliphatic rings. The lowest BCUT2D eigenvalue weighted by Crippen LogP contribution is -2.31. The van der Waals surface area contributed by atoms with E-state index in [0.717, 1.165) is 24.8 Å². The molecule has 3 rings (SSSR count). The number of hydrogen-bond acceptors (Lipinski definition) is 5. The molecular weight excluding hydrogens is 342 g/mol. The Balaban J connectivity index is 1.51. The van der Waals surface area contributed by atoms with Crippen LogP contribution in [0.1, 0.15) is 38.2 Å². The number of carbonyl (C=O) groups is 1. The molecule has 1 saturated carbocycles. The second-order valence-electron chi connectivity index (χ2n) is 6.82. The lowest BCUT2D eigenvalue weighted by molar-refractivity contribution is -0.122. The van der Waals surface area contributed by atoms with E-state index in [4.69, 9.17) is 15.2 Å². The summed E-state index contributed by atoms with van der Waals surface area (Å²) in [5.41, 5.74) is 6.95. The molecule has 6 heteroatoms. The van der Waals surface area contributed by atoms with Crippen molar-refractivity contribution in [2.45, 2.75) is 45.2 Å². The van der Waals surface area contributed by atoms with Crippen molar-refractivity contribution in [3.8, 4) is 17.4 Å². The Morgan fingerprint density at radius 3 is 2.70 bits per heavy atom. The summed E-state index contributed by atoms with van der Waals surface area (Å²) in [5.74, 6) is 2.14. The summed E-state index contributed by atoms with van der Waals surface area (Å²) in [6.07, 6.45) is 5.41. The predicted molar refractivity (Wildman–Crippen MR) is 104 cm³/mol. The molecular formula is C21H27N3O3. The van der Waals surface area contributed by atoms with Gasteiger partial charge in [0.2, 0.25) is 11.8 Å². The van der Waals surface area contributed by atoms with Gasteiger partial charge in [-0.05, 0) is 43.4 Å². The maximum absolute atomic E-state index is 12.1. The Kier molecular flexibility index (Phi) is 6.65. The topological polar surface area (TPSA) is 86.5 Å². The van der Waals surface area contributed by atoms with Crippen LogP contribution in [0.4, 0.5) is 0 Å². The minimum Gasteiger partial charge on any atom is -0.490 e. The van der Waals surface area contributed by atoms with Crippen LogP contribution < -0.4 is 20.5 Å². The first kappa shape index (κ1) is 19.2. The molecule has 0 radical (unpaired) electrons. The van der Waals surface area contributed by atoms with Crippen LogP contribution >= 0.6 is 0 Å². The van der Waals surface area contributed by atoms with Crippen LogP contribution in [0.15, 0.2) is 42.6 Å². The van der Waals surface area contributed by atoms with Gasteiger partial charge in [-0.3, -0.25) is 4.79 Å². The van der Waals surface area contributed by atoms with Crippen LogP contribution in [0, 0.1) is 5.92 Å². The van der Waals surface area contributed by atoms with Gasteiger partial charge in [0.15, 0.2) is 11.5 Å². The number of aromatic nitrogens is 1. The van der Waals surface area contributed by atoms with E-state index in [-0.39, 0.29) is 11.9 Å². The third-order valence-corrected chi connectivity index (χ3v) is 4.82. The molecule has 27 heavy (non-hydrogen) atoms. The monoisotopic (exact) mass is 369 g/mol. The fraction of sp³-hybridized carbons (Fsp3) is 0.429. The van der Waals surface area contributed by atoms with Gasteiger partial charge in [-0.2, -0.15) is 0 Å². The highest BCUT2D eigenvalue weighted by Gasteiger charge is 2.25. The molecule has 0 spiro atoms. The average Bonchev–Trinajstić information content (AvgIpc) is 3.07. The number of carbonyl (C=O) groups excluding carboxylic acids is 1. The summed E-state index contributed by atoms with van der Waals surface area (Å²) in [5, 5.41) is 2.95. The summed E-state index contributed by atoms with van der Waals surface area (Å²) in [6.45, 7) is 2.94. The first-order chi connectivity index (χ1) is 13.2. The molecule has 1 aliphatic carbocycles. The Hall–Kier alpha value is -2.60. The molecule has 144 valence electrons. The van der Waals surface area contributed by atoms with Crippen LogP contribution in [-0.4, -0.2) is 23.5 Å². The van der Waals surface area contributed by atoms with E-state index in [2.05, 4.69) is 10.3 Å². The van der Waals surface area contributed by atoms with Gasteiger partial charge in [0, 0.05) is 31.3 Å². The van der Waals surface area contributed by atoms with Crippen molar-refractivity contribution in [3.05, 3.63) is 48.2 Å². The van der Waals surface area contributed by atoms with Gasteiger partial charge in [0.25, 0.3) is 0 Å². The van der Waals surface area contributed by atoms with E-state index in [1.807, 2.05) is 37.3 Å². The van der Waals surface area contributed by atoms with Crippen LogP contribution in [0.25, 0.3) is 0 Å². The van der Waals surface area contributed by atoms with E-state index in [9.17, 15) is 4.79 Å². The lowest BCUT2D eigenvalue weighted by atomic mass is 10.00. The minimum absolute atomic E-state index is 0.0447. The molecule has 2 aromatic rings. The molecule has 1 amide bonds. The van der Waals surface area contributed by atoms with Crippen molar-refractivity contribution in [2.75, 3.05) is 6.61 Å². The largest absolute Gasteiger partial charge is 0.490 e. The molecule has 1 heterocycles. The maximum Gasteiger partial charge on any atom is 0.220 e. The fourth-order valence-electron chi connectivity index (χ4n) is 3.33. The Labute approximate surface area is 160 Å². The Morgan fingerprint density at radius 1 is 1.22 bits per heavy atom. The average molecular weight is 369 g/mol. The smallest absolute Gasteiger partial charge is 0.220 e. The van der Waals surface area contributed by atoms with Crippen LogP contribution in [0.2, 0.25) is 0 Å². The molecule has 0 aliphatic heterocycles. The Bertz CT molecular complexity index is 749. The summed E-state index contributed by atoms with van der Waals surface area (Å²) in [6, 6.07) is 11.3. The number of benzene rings is 1. The summed E-state index contributed by atoms with van der Waals surface area (Å²) < 4.78 is 11.4. The highest BCUT2D eigenvalue weighted by molar-refractivity contribution is 5.76. The highest BCUT2D eigenvalue weighted by Crippen LogP contribution is 2.30. The van der Waals surface area contributed by atoms with Crippen molar-refractivity contribution in [3.63, 3.8) is 0 Å². The third-order valence-electron chi connectivity index (χ3n) is 4.82. The lowest BCUT2D eigenvalue weighted by Gasteiger charge is -2.14. The second kappa shape index (κ2) is 9.37. The normalized spacial score (nSPS) is 18.9. The number of ether oxygens (including phenoxy) is 2. The van der Waals surface area contributed by atoms with E-state index >= 15 is 0 Å². The third kappa shape index (κ3) is 5.44. The molecule has 2 atom stereocenters. The van der Waals surface area contributed by atoms with Gasteiger partial charge in [-0.25, -0.2) is 4.98 Å². The van der Waals surface area contributed by atoms with Crippen molar-refractivity contribution in [2.24, 2.45) is 11.7 Å². The SMILES string of the molecule is CCOc1ccccc1Oc1ccc(CNC(=O)C[C@@H]2CCC[C@H]2N)cn1. The van der Waals surface area contributed by atoms with Crippen LogP contribution in [0.3, 0.4) is 0 Å². The van der Waals surface area contributed by atoms with Gasteiger partial charge in [0.1, 0.15) is 0 Å². The van der Waals surface area contributed by atoms with Crippen molar-refractivity contribution in [1.82, 2.24) is 10.3 Å². The van der Waals surface area contributed by atoms with Gasteiger partial charge in [-0.1, -0.05) is 24.6 Å². The molecule has 6 nitrogen and oxygen atoms in total. The molecule has 1 aromatic heterocycles. The number of nitrogens with zero attached hydrogens (tertiary/aromatic N) is 1. The zero-order chi connectivity index (χ0) is 19.1. The van der Waals surface area contributed by atoms with Gasteiger partial charge >= 0.3 is 0 Å². The van der Waals surface area contributed by atoms with Crippen molar-refractivity contribution >= 4 is 5.91 Å². The number of nitrogens with one attached hydrogen (secondary N) is 1. The van der Waals surface area contributed by atoms with E-state index in [1.54, 1.807) is 12.3 Å². The number of pyridine rings is 1. The molecule has 0 bridgehead atoms. The van der Waals surface area contributed by atoms with Gasteiger partial charge in [0.05, 0.1) is 6.61 Å². The zero-order valence-electron chi connectivity index (χ0n) is 15.7. The standard InChI is InChI=1S/C21H27N3O3/c1-2-26-18-8-3-4-9-19(18)27-21-11-10-15(14-24-21)13-23-20(25)12-16-6-5-7-17(16)22/h3-4,8-11,14,16-17H,2,5-7,12-13,22H2,1H3,(H,23,25)/t16-,17+/m0/s1. The van der Waals surface area contributed by atoms with Crippen molar-refractivity contribution < 1.29 is 14.3 Å². The number of amides is 1. The molecule has 0 saturated heterocycles. The fourth-order valence-corrected chi connectivity index (χ4v) is 3.33. The van der Waals surface area contributed by atoms with E-state index in [1.165, 1.54) is 0 Å². The molecule has 1 fully saturated rings. The molecule has 1 aromatic carbocycles. The second-order valence-corrected chi connectivity index (χ2v) is 6.82. The first-order valence-electron chi connectivity index (χ1n) is 9.52.